The zero-order chi connectivity index (χ0) is 18.9. The van der Waals surface area contributed by atoms with Crippen LogP contribution in [0.1, 0.15) is 11.1 Å². The predicted molar refractivity (Wildman–Crippen MR) is 102 cm³/mol. The van der Waals surface area contributed by atoms with Crippen LogP contribution in [0.5, 0.6) is 5.75 Å². The van der Waals surface area contributed by atoms with E-state index in [0.717, 1.165) is 11.1 Å². The number of aryl methyl sites for hydroxylation is 1. The quantitative estimate of drug-likeness (QED) is 0.749. The maximum Gasteiger partial charge on any atom is 0.250 e. The van der Waals surface area contributed by atoms with E-state index in [0.29, 0.717) is 17.1 Å². The van der Waals surface area contributed by atoms with Crippen LogP contribution < -0.4 is 15.4 Å². The van der Waals surface area contributed by atoms with E-state index in [1.807, 2.05) is 25.1 Å². The van der Waals surface area contributed by atoms with Gasteiger partial charge in [0.2, 0.25) is 11.8 Å². The average Bonchev–Trinajstić information content (AvgIpc) is 2.62. The molecule has 2 N–H and O–H groups in total. The van der Waals surface area contributed by atoms with E-state index >= 15 is 0 Å². The first-order valence-electron chi connectivity index (χ1n) is 8.04. The minimum absolute atomic E-state index is 0.00823. The highest BCUT2D eigenvalue weighted by atomic mass is 16.5. The van der Waals surface area contributed by atoms with Crippen LogP contribution in [0.2, 0.25) is 0 Å². The van der Waals surface area contributed by atoms with Crippen molar-refractivity contribution in [3.05, 3.63) is 59.7 Å². The first-order valence-corrected chi connectivity index (χ1v) is 8.04. The summed E-state index contributed by atoms with van der Waals surface area (Å²) in [6, 6.07) is 12.6. The van der Waals surface area contributed by atoms with Gasteiger partial charge in [0, 0.05) is 30.1 Å². The maximum atomic E-state index is 12.1. The fraction of sp³-hybridized carbons (Fsp3) is 0.200. The number of amides is 2. The molecule has 6 nitrogen and oxygen atoms in total. The van der Waals surface area contributed by atoms with Crippen LogP contribution in [0.3, 0.4) is 0 Å². The minimum Gasteiger partial charge on any atom is -0.496 e. The minimum atomic E-state index is -0.260. The molecule has 0 heterocycles. The van der Waals surface area contributed by atoms with Crippen molar-refractivity contribution in [2.75, 3.05) is 31.5 Å². The molecule has 0 saturated carbocycles. The van der Waals surface area contributed by atoms with E-state index in [2.05, 4.69) is 10.6 Å². The first kappa shape index (κ1) is 19.2. The smallest absolute Gasteiger partial charge is 0.250 e. The number of nitrogens with one attached hydrogen (secondary N) is 2. The molecule has 0 aliphatic heterocycles. The summed E-state index contributed by atoms with van der Waals surface area (Å²) < 4.78 is 10.0. The summed E-state index contributed by atoms with van der Waals surface area (Å²) >= 11 is 0. The molecule has 0 aromatic heterocycles. The molecule has 2 aromatic rings. The molecule has 2 amide bonds. The number of anilines is 2. The third kappa shape index (κ3) is 5.75. The molecule has 0 bridgehead atoms. The van der Waals surface area contributed by atoms with Crippen molar-refractivity contribution in [2.24, 2.45) is 0 Å². The summed E-state index contributed by atoms with van der Waals surface area (Å²) in [4.78, 5) is 23.5. The van der Waals surface area contributed by atoms with E-state index in [1.165, 1.54) is 13.2 Å². The molecule has 0 spiro atoms. The van der Waals surface area contributed by atoms with Gasteiger partial charge in [-0.2, -0.15) is 0 Å². The van der Waals surface area contributed by atoms with Crippen LogP contribution in [-0.4, -0.2) is 32.6 Å². The lowest BCUT2D eigenvalue weighted by atomic mass is 10.1. The topological polar surface area (TPSA) is 76.7 Å². The molecular formula is C20H22N2O4. The molecule has 2 aromatic carbocycles. The van der Waals surface area contributed by atoms with Gasteiger partial charge in [-0.05, 0) is 49.4 Å². The summed E-state index contributed by atoms with van der Waals surface area (Å²) in [6.45, 7) is 1.97. The Bertz CT molecular complexity index is 798. The summed E-state index contributed by atoms with van der Waals surface area (Å²) in [5.74, 6) is 0.208. The Morgan fingerprint density at radius 2 is 1.65 bits per heavy atom. The summed E-state index contributed by atoms with van der Waals surface area (Å²) in [5, 5.41) is 5.45. The molecule has 0 unspecified atom stereocenters. The fourth-order valence-electron chi connectivity index (χ4n) is 2.30. The van der Waals surface area contributed by atoms with Crippen LogP contribution in [0.25, 0.3) is 6.08 Å². The third-order valence-corrected chi connectivity index (χ3v) is 3.51. The van der Waals surface area contributed by atoms with Gasteiger partial charge in [0.05, 0.1) is 7.11 Å². The molecular weight excluding hydrogens is 332 g/mol. The Labute approximate surface area is 152 Å². The van der Waals surface area contributed by atoms with Gasteiger partial charge in [-0.15, -0.1) is 0 Å². The Kier molecular flexibility index (Phi) is 6.93. The molecule has 136 valence electrons. The highest BCUT2D eigenvalue weighted by molar-refractivity contribution is 6.02. The third-order valence-electron chi connectivity index (χ3n) is 3.51. The van der Waals surface area contributed by atoms with Gasteiger partial charge in [0.1, 0.15) is 12.4 Å². The Morgan fingerprint density at radius 1 is 1.00 bits per heavy atom. The van der Waals surface area contributed by atoms with Gasteiger partial charge in [-0.1, -0.05) is 11.6 Å². The maximum absolute atomic E-state index is 12.1. The molecule has 6 heteroatoms. The second-order valence-electron chi connectivity index (χ2n) is 5.63. The van der Waals surface area contributed by atoms with E-state index in [9.17, 15) is 9.59 Å². The molecule has 2 rings (SSSR count). The van der Waals surface area contributed by atoms with Gasteiger partial charge < -0.3 is 20.1 Å². The van der Waals surface area contributed by atoms with E-state index < -0.39 is 0 Å². The van der Waals surface area contributed by atoms with Crippen molar-refractivity contribution in [2.45, 2.75) is 6.92 Å². The molecule has 0 aliphatic rings. The lowest BCUT2D eigenvalue weighted by Crippen LogP contribution is -2.17. The number of carbonyl (C=O) groups is 2. The van der Waals surface area contributed by atoms with Crippen LogP contribution >= 0.6 is 0 Å². The Hall–Kier alpha value is -3.12. The predicted octanol–water partition coefficient (Wildman–Crippen LogP) is 3.24. The van der Waals surface area contributed by atoms with Crippen LogP contribution in [-0.2, 0) is 14.3 Å². The molecule has 0 atom stereocenters. The number of rotatable bonds is 7. The van der Waals surface area contributed by atoms with Gasteiger partial charge in [0.15, 0.2) is 0 Å². The highest BCUT2D eigenvalue weighted by Crippen LogP contribution is 2.21. The number of hydrogen-bond acceptors (Lipinski definition) is 4. The Balaban J connectivity index is 1.97. The largest absolute Gasteiger partial charge is 0.496 e. The van der Waals surface area contributed by atoms with E-state index in [-0.39, 0.29) is 18.4 Å². The van der Waals surface area contributed by atoms with Crippen LogP contribution in [0.4, 0.5) is 11.4 Å². The van der Waals surface area contributed by atoms with Crippen molar-refractivity contribution in [1.82, 2.24) is 0 Å². The van der Waals surface area contributed by atoms with Crippen LogP contribution in [0.15, 0.2) is 48.5 Å². The molecule has 0 aliphatic carbocycles. The number of carbonyl (C=O) groups excluding carboxylic acids is 2. The van der Waals surface area contributed by atoms with Crippen LogP contribution in [0, 0.1) is 6.92 Å². The molecule has 0 radical (unpaired) electrons. The highest BCUT2D eigenvalue weighted by Gasteiger charge is 2.04. The lowest BCUT2D eigenvalue weighted by molar-refractivity contribution is -0.119. The number of methoxy groups -OCH3 is 2. The second-order valence-corrected chi connectivity index (χ2v) is 5.63. The Morgan fingerprint density at radius 3 is 2.27 bits per heavy atom. The molecule has 0 fully saturated rings. The molecule has 26 heavy (non-hydrogen) atoms. The number of hydrogen-bond donors (Lipinski definition) is 2. The fourth-order valence-corrected chi connectivity index (χ4v) is 2.30. The second kappa shape index (κ2) is 9.39. The zero-order valence-corrected chi connectivity index (χ0v) is 15.0. The van der Waals surface area contributed by atoms with E-state index in [1.54, 1.807) is 37.5 Å². The zero-order valence-electron chi connectivity index (χ0n) is 15.0. The first-order chi connectivity index (χ1) is 12.5. The van der Waals surface area contributed by atoms with Crippen molar-refractivity contribution in [3.8, 4) is 5.75 Å². The molecule has 0 saturated heterocycles. The summed E-state index contributed by atoms with van der Waals surface area (Å²) in [5.41, 5.74) is 3.17. The standard InChI is InChI=1S/C20H22N2O4/c1-14-4-10-18(26-3)15(12-14)5-11-19(23)21-16-6-8-17(9-7-16)22-20(24)13-25-2/h4-12H,13H2,1-3H3,(H,21,23)(H,22,24)/b11-5+. The lowest BCUT2D eigenvalue weighted by Gasteiger charge is -2.07. The van der Waals surface area contributed by atoms with Gasteiger partial charge in [-0.3, -0.25) is 9.59 Å². The van der Waals surface area contributed by atoms with Crippen molar-refractivity contribution in [3.63, 3.8) is 0 Å². The monoisotopic (exact) mass is 354 g/mol. The van der Waals surface area contributed by atoms with Crippen molar-refractivity contribution >= 4 is 29.3 Å². The normalized spacial score (nSPS) is 10.6. The summed E-state index contributed by atoms with van der Waals surface area (Å²) in [7, 11) is 3.05. The van der Waals surface area contributed by atoms with Gasteiger partial charge >= 0.3 is 0 Å². The van der Waals surface area contributed by atoms with Crippen molar-refractivity contribution in [1.29, 1.82) is 0 Å². The van der Waals surface area contributed by atoms with E-state index in [4.69, 9.17) is 9.47 Å². The van der Waals surface area contributed by atoms with Crippen molar-refractivity contribution < 1.29 is 19.1 Å². The SMILES string of the molecule is COCC(=O)Nc1ccc(NC(=O)/C=C/c2cc(C)ccc2OC)cc1. The number of ether oxygens (including phenoxy) is 2. The summed E-state index contributed by atoms with van der Waals surface area (Å²) in [6.07, 6.45) is 3.16. The average molecular weight is 354 g/mol. The number of benzene rings is 2. The van der Waals surface area contributed by atoms with Gasteiger partial charge in [-0.25, -0.2) is 0 Å². The van der Waals surface area contributed by atoms with Gasteiger partial charge in [0.25, 0.3) is 0 Å².